The van der Waals surface area contributed by atoms with Crippen LogP contribution in [0.25, 0.3) is 0 Å². The SMILES string of the molecule is COC(=O)c1cc(OC)c(OC)cc1NC(=O)CN(c1ccc(F)cc1)S(=O)(=O)c1ccc(OC)cc1. The van der Waals surface area contributed by atoms with Crippen LogP contribution in [-0.4, -0.2) is 55.3 Å². The van der Waals surface area contributed by atoms with Gasteiger partial charge in [-0.1, -0.05) is 0 Å². The molecule has 0 saturated carbocycles. The lowest BCUT2D eigenvalue weighted by Gasteiger charge is -2.24. The van der Waals surface area contributed by atoms with Gasteiger partial charge in [-0.3, -0.25) is 9.10 Å². The second kappa shape index (κ2) is 11.6. The zero-order chi connectivity index (χ0) is 27.2. The molecule has 0 aliphatic carbocycles. The molecule has 0 radical (unpaired) electrons. The molecule has 0 saturated heterocycles. The molecule has 1 amide bonds. The number of sulfonamides is 1. The molecule has 196 valence electrons. The van der Waals surface area contributed by atoms with Gasteiger partial charge in [-0.15, -0.1) is 0 Å². The summed E-state index contributed by atoms with van der Waals surface area (Å²) >= 11 is 0. The molecule has 3 aromatic rings. The zero-order valence-corrected chi connectivity index (χ0v) is 21.3. The maximum absolute atomic E-state index is 13.6. The largest absolute Gasteiger partial charge is 0.497 e. The van der Waals surface area contributed by atoms with Crippen LogP contribution in [0.4, 0.5) is 15.8 Å². The molecule has 0 unspecified atom stereocenters. The number of carbonyl (C=O) groups excluding carboxylic acids is 2. The van der Waals surface area contributed by atoms with Gasteiger partial charge in [0.15, 0.2) is 11.5 Å². The molecule has 10 nitrogen and oxygen atoms in total. The van der Waals surface area contributed by atoms with E-state index in [0.29, 0.717) is 5.75 Å². The summed E-state index contributed by atoms with van der Waals surface area (Å²) in [7, 11) is 1.08. The van der Waals surface area contributed by atoms with Crippen LogP contribution in [0, 0.1) is 5.82 Å². The second-order valence-electron chi connectivity index (χ2n) is 7.46. The predicted octanol–water partition coefficient (Wildman–Crippen LogP) is 3.47. The first-order valence-corrected chi connectivity index (χ1v) is 12.1. The summed E-state index contributed by atoms with van der Waals surface area (Å²) in [5.41, 5.74) is 0.0168. The molecule has 0 heterocycles. The van der Waals surface area contributed by atoms with Crippen LogP contribution in [0.2, 0.25) is 0 Å². The number of rotatable bonds is 10. The smallest absolute Gasteiger partial charge is 0.340 e. The van der Waals surface area contributed by atoms with Gasteiger partial charge in [0.2, 0.25) is 5.91 Å². The molecule has 37 heavy (non-hydrogen) atoms. The number of amides is 1. The lowest BCUT2D eigenvalue weighted by atomic mass is 10.1. The molecule has 0 aliphatic heterocycles. The summed E-state index contributed by atoms with van der Waals surface area (Å²) in [5.74, 6) is -1.27. The van der Waals surface area contributed by atoms with Crippen molar-refractivity contribution in [2.24, 2.45) is 0 Å². The highest BCUT2D eigenvalue weighted by molar-refractivity contribution is 7.92. The van der Waals surface area contributed by atoms with E-state index in [4.69, 9.17) is 18.9 Å². The molecule has 0 atom stereocenters. The number of benzene rings is 3. The number of hydrogen-bond acceptors (Lipinski definition) is 8. The minimum Gasteiger partial charge on any atom is -0.497 e. The minimum atomic E-state index is -4.28. The molecule has 1 N–H and O–H groups in total. The molecule has 12 heteroatoms. The number of nitrogens with one attached hydrogen (secondary N) is 1. The summed E-state index contributed by atoms with van der Waals surface area (Å²) in [6, 6.07) is 12.9. The number of methoxy groups -OCH3 is 4. The minimum absolute atomic E-state index is 0.00963. The van der Waals surface area contributed by atoms with Crippen molar-refractivity contribution >= 4 is 33.3 Å². The number of carbonyl (C=O) groups is 2. The van der Waals surface area contributed by atoms with Crippen LogP contribution >= 0.6 is 0 Å². The number of nitrogens with zero attached hydrogens (tertiary/aromatic N) is 1. The first-order chi connectivity index (χ1) is 17.6. The van der Waals surface area contributed by atoms with Crippen LogP contribution in [0.3, 0.4) is 0 Å². The second-order valence-corrected chi connectivity index (χ2v) is 9.32. The van der Waals surface area contributed by atoms with Crippen LogP contribution in [0.15, 0.2) is 65.6 Å². The maximum Gasteiger partial charge on any atom is 0.340 e. The lowest BCUT2D eigenvalue weighted by Crippen LogP contribution is -2.38. The summed E-state index contributed by atoms with van der Waals surface area (Å²) in [5, 5.41) is 2.53. The third-order valence-electron chi connectivity index (χ3n) is 5.25. The topological polar surface area (TPSA) is 120 Å². The standard InChI is InChI=1S/C25H25FN2O8S/c1-33-18-9-11-19(12-10-18)37(31,32)28(17-7-5-16(26)6-8-17)15-24(29)27-21-14-23(35-3)22(34-2)13-20(21)25(30)36-4/h5-14H,15H2,1-4H3,(H,27,29). The quantitative estimate of drug-likeness (QED) is 0.394. The first kappa shape index (κ1) is 27.3. The average molecular weight is 533 g/mol. The summed E-state index contributed by atoms with van der Waals surface area (Å²) in [6.45, 7) is -0.699. The fraction of sp³-hybridized carbons (Fsp3) is 0.200. The number of esters is 1. The number of hydrogen-bond donors (Lipinski definition) is 1. The Morgan fingerprint density at radius 2 is 1.46 bits per heavy atom. The Morgan fingerprint density at radius 1 is 0.865 bits per heavy atom. The molecule has 0 aromatic heterocycles. The van der Waals surface area contributed by atoms with E-state index in [-0.39, 0.29) is 33.3 Å². The molecule has 0 bridgehead atoms. The molecule has 0 spiro atoms. The van der Waals surface area contributed by atoms with Crippen molar-refractivity contribution in [3.05, 3.63) is 72.0 Å². The van der Waals surface area contributed by atoms with E-state index < -0.39 is 34.3 Å². The van der Waals surface area contributed by atoms with Crippen molar-refractivity contribution in [3.63, 3.8) is 0 Å². The van der Waals surface area contributed by atoms with Crippen molar-refractivity contribution < 1.29 is 41.3 Å². The van der Waals surface area contributed by atoms with Crippen molar-refractivity contribution in [3.8, 4) is 17.2 Å². The Labute approximate surface area is 213 Å². The van der Waals surface area contributed by atoms with Gasteiger partial charge in [0.05, 0.1) is 50.3 Å². The van der Waals surface area contributed by atoms with Gasteiger partial charge in [-0.05, 0) is 48.5 Å². The lowest BCUT2D eigenvalue weighted by molar-refractivity contribution is -0.114. The monoisotopic (exact) mass is 532 g/mol. The molecular weight excluding hydrogens is 507 g/mol. The van der Waals surface area contributed by atoms with E-state index >= 15 is 0 Å². The summed E-state index contributed by atoms with van der Waals surface area (Å²) in [4.78, 5) is 25.3. The van der Waals surface area contributed by atoms with Crippen molar-refractivity contribution in [1.29, 1.82) is 0 Å². The Kier molecular flexibility index (Phi) is 8.56. The average Bonchev–Trinajstić information content (AvgIpc) is 2.91. The zero-order valence-electron chi connectivity index (χ0n) is 20.5. The maximum atomic E-state index is 13.6. The molecule has 0 fully saturated rings. The molecule has 3 aromatic carbocycles. The van der Waals surface area contributed by atoms with Gasteiger partial charge >= 0.3 is 5.97 Å². The number of halogens is 1. The number of ether oxygens (including phenoxy) is 4. The van der Waals surface area contributed by atoms with Gasteiger partial charge in [-0.25, -0.2) is 17.6 Å². The highest BCUT2D eigenvalue weighted by atomic mass is 32.2. The Morgan fingerprint density at radius 3 is 2.00 bits per heavy atom. The van der Waals surface area contributed by atoms with Crippen molar-refractivity contribution in [2.75, 3.05) is 44.6 Å². The molecular formula is C25H25FN2O8S. The van der Waals surface area contributed by atoms with Gasteiger partial charge in [-0.2, -0.15) is 0 Å². The van der Waals surface area contributed by atoms with Crippen LogP contribution in [0.5, 0.6) is 17.2 Å². The van der Waals surface area contributed by atoms with Gasteiger partial charge in [0, 0.05) is 12.1 Å². The first-order valence-electron chi connectivity index (χ1n) is 10.7. The Hall–Kier alpha value is -4.32. The summed E-state index contributed by atoms with van der Waals surface area (Å²) < 4.78 is 61.7. The van der Waals surface area contributed by atoms with Crippen LogP contribution in [-0.2, 0) is 19.6 Å². The predicted molar refractivity (Wildman–Crippen MR) is 133 cm³/mol. The van der Waals surface area contributed by atoms with Crippen LogP contribution in [0.1, 0.15) is 10.4 Å². The van der Waals surface area contributed by atoms with E-state index in [1.807, 2.05) is 0 Å². The fourth-order valence-electron chi connectivity index (χ4n) is 3.38. The van der Waals surface area contributed by atoms with Gasteiger partial charge < -0.3 is 24.3 Å². The number of anilines is 2. The van der Waals surface area contributed by atoms with E-state index in [0.717, 1.165) is 16.4 Å². The van der Waals surface area contributed by atoms with E-state index in [2.05, 4.69) is 5.32 Å². The Balaban J connectivity index is 2.00. The normalized spacial score (nSPS) is 10.8. The third kappa shape index (κ3) is 6.09. The summed E-state index contributed by atoms with van der Waals surface area (Å²) in [6.07, 6.45) is 0. The third-order valence-corrected chi connectivity index (χ3v) is 7.04. The highest BCUT2D eigenvalue weighted by Crippen LogP contribution is 2.34. The van der Waals surface area contributed by atoms with Crippen molar-refractivity contribution in [2.45, 2.75) is 4.90 Å². The van der Waals surface area contributed by atoms with Crippen molar-refractivity contribution in [1.82, 2.24) is 0 Å². The molecule has 3 rings (SSSR count). The fourth-order valence-corrected chi connectivity index (χ4v) is 4.80. The van der Waals surface area contributed by atoms with Gasteiger partial charge in [0.25, 0.3) is 10.0 Å². The van der Waals surface area contributed by atoms with E-state index in [1.54, 1.807) is 0 Å². The highest BCUT2D eigenvalue weighted by Gasteiger charge is 2.28. The molecule has 0 aliphatic rings. The van der Waals surface area contributed by atoms with Gasteiger partial charge in [0.1, 0.15) is 18.1 Å². The van der Waals surface area contributed by atoms with Crippen LogP contribution < -0.4 is 23.8 Å². The van der Waals surface area contributed by atoms with E-state index in [9.17, 15) is 22.4 Å². The Bertz CT molecular complexity index is 1380. The van der Waals surface area contributed by atoms with E-state index in [1.165, 1.54) is 77.0 Å².